The van der Waals surface area contributed by atoms with Gasteiger partial charge in [0.25, 0.3) is 0 Å². The van der Waals surface area contributed by atoms with Crippen LogP contribution < -0.4 is 10.6 Å². The number of carbonyl (C=O) groups is 2. The second kappa shape index (κ2) is 7.56. The van der Waals surface area contributed by atoms with Crippen LogP contribution in [0.15, 0.2) is 47.2 Å². The number of nitrogens with one attached hydrogen (secondary N) is 2. The van der Waals surface area contributed by atoms with Crippen molar-refractivity contribution < 1.29 is 14.7 Å². The van der Waals surface area contributed by atoms with E-state index in [1.54, 1.807) is 36.7 Å². The van der Waals surface area contributed by atoms with Gasteiger partial charge in [-0.15, -0.1) is 0 Å². The van der Waals surface area contributed by atoms with Gasteiger partial charge in [-0.25, -0.2) is 4.79 Å². The van der Waals surface area contributed by atoms with Crippen molar-refractivity contribution in [2.75, 3.05) is 10.6 Å². The van der Waals surface area contributed by atoms with Crippen molar-refractivity contribution >= 4 is 39.3 Å². The van der Waals surface area contributed by atoms with Crippen molar-refractivity contribution in [1.29, 1.82) is 0 Å². The summed E-state index contributed by atoms with van der Waals surface area (Å²) < 4.78 is 0.790. The van der Waals surface area contributed by atoms with Gasteiger partial charge < -0.3 is 10.4 Å². The molecule has 0 unspecified atom stereocenters. The molecule has 0 spiro atoms. The minimum absolute atomic E-state index is 0.128. The highest BCUT2D eigenvalue weighted by molar-refractivity contribution is 9.10. The summed E-state index contributed by atoms with van der Waals surface area (Å²) in [6.07, 6.45) is 2.90. The van der Waals surface area contributed by atoms with Crippen LogP contribution in [0.5, 0.6) is 0 Å². The first-order valence-electron chi connectivity index (χ1n) is 6.52. The third-order valence-corrected chi connectivity index (χ3v) is 3.24. The van der Waals surface area contributed by atoms with E-state index in [2.05, 4.69) is 31.5 Å². The number of rotatable bonds is 5. The predicted octanol–water partition coefficient (Wildman–Crippen LogP) is 3.51. The molecule has 0 aliphatic rings. The van der Waals surface area contributed by atoms with Gasteiger partial charge in [0.05, 0.1) is 11.9 Å². The zero-order chi connectivity index (χ0) is 15.9. The zero-order valence-electron chi connectivity index (χ0n) is 11.5. The van der Waals surface area contributed by atoms with Gasteiger partial charge in [0.2, 0.25) is 5.91 Å². The van der Waals surface area contributed by atoms with E-state index in [0.717, 1.165) is 10.0 Å². The summed E-state index contributed by atoms with van der Waals surface area (Å²) in [5.41, 5.74) is 2.00. The highest BCUT2D eigenvalue weighted by Crippen LogP contribution is 2.15. The minimum Gasteiger partial charge on any atom is -0.465 e. The monoisotopic (exact) mass is 363 g/mol. The Morgan fingerprint density at radius 2 is 1.95 bits per heavy atom. The van der Waals surface area contributed by atoms with E-state index in [1.165, 1.54) is 0 Å². The van der Waals surface area contributed by atoms with Gasteiger partial charge in [-0.1, -0.05) is 12.1 Å². The zero-order valence-corrected chi connectivity index (χ0v) is 13.1. The third-order valence-electron chi connectivity index (χ3n) is 2.81. The lowest BCUT2D eigenvalue weighted by molar-refractivity contribution is -0.116. The van der Waals surface area contributed by atoms with Crippen molar-refractivity contribution in [2.45, 2.75) is 12.8 Å². The fourth-order valence-electron chi connectivity index (χ4n) is 1.89. The molecule has 2 aromatic rings. The largest absolute Gasteiger partial charge is 0.465 e. The molecule has 0 saturated carbocycles. The first-order chi connectivity index (χ1) is 10.5. The van der Waals surface area contributed by atoms with Crippen LogP contribution in [-0.2, 0) is 11.2 Å². The number of carboxylic acid groups (broad SMARTS) is 1. The first-order valence-corrected chi connectivity index (χ1v) is 7.31. The molecule has 0 bridgehead atoms. The lowest BCUT2D eigenvalue weighted by atomic mass is 10.1. The van der Waals surface area contributed by atoms with Crippen LogP contribution in [0.4, 0.5) is 16.2 Å². The summed E-state index contributed by atoms with van der Waals surface area (Å²) in [5, 5.41) is 13.7. The second-order valence-electron chi connectivity index (χ2n) is 4.57. The molecule has 114 valence electrons. The molecule has 0 atom stereocenters. The molecule has 1 aromatic carbocycles. The van der Waals surface area contributed by atoms with Gasteiger partial charge in [-0.05, 0) is 46.1 Å². The quantitative estimate of drug-likeness (QED) is 0.757. The fraction of sp³-hybridized carbons (Fsp3) is 0.133. The van der Waals surface area contributed by atoms with Crippen molar-refractivity contribution in [1.82, 2.24) is 4.98 Å². The van der Waals surface area contributed by atoms with E-state index in [1.807, 2.05) is 6.07 Å². The summed E-state index contributed by atoms with van der Waals surface area (Å²) in [7, 11) is 0. The molecular formula is C15H14BrN3O3. The van der Waals surface area contributed by atoms with Crippen LogP contribution in [0, 0.1) is 0 Å². The third kappa shape index (κ3) is 5.17. The van der Waals surface area contributed by atoms with Crippen molar-refractivity contribution in [3.8, 4) is 0 Å². The van der Waals surface area contributed by atoms with Gasteiger partial charge in [0.15, 0.2) is 0 Å². The predicted molar refractivity (Wildman–Crippen MR) is 87.0 cm³/mol. The molecule has 0 aliphatic heterocycles. The lowest BCUT2D eigenvalue weighted by Crippen LogP contribution is -2.12. The maximum absolute atomic E-state index is 11.9. The van der Waals surface area contributed by atoms with E-state index in [9.17, 15) is 9.59 Å². The average Bonchev–Trinajstić information content (AvgIpc) is 2.45. The Morgan fingerprint density at radius 1 is 1.14 bits per heavy atom. The van der Waals surface area contributed by atoms with E-state index >= 15 is 0 Å². The number of aromatic nitrogens is 1. The number of aryl methyl sites for hydroxylation is 1. The molecule has 2 amide bonds. The Bertz CT molecular complexity index is 691. The standard InChI is InChI=1S/C15H14BrN3O3/c16-11-7-13(9-17-8-11)18-14(20)5-4-10-2-1-3-12(6-10)19-15(21)22/h1-3,6-9,19H,4-5H2,(H,18,20)(H,21,22). The topological polar surface area (TPSA) is 91.3 Å². The molecule has 1 heterocycles. The van der Waals surface area contributed by atoms with Gasteiger partial charge in [0, 0.05) is 22.8 Å². The highest BCUT2D eigenvalue weighted by atomic mass is 79.9. The Balaban J connectivity index is 1.89. The molecule has 0 fully saturated rings. The van der Waals surface area contributed by atoms with E-state index in [-0.39, 0.29) is 5.91 Å². The number of halogens is 1. The molecule has 0 aliphatic carbocycles. The molecule has 7 heteroatoms. The molecule has 0 saturated heterocycles. The lowest BCUT2D eigenvalue weighted by Gasteiger charge is -2.07. The van der Waals surface area contributed by atoms with Crippen LogP contribution in [0.1, 0.15) is 12.0 Å². The van der Waals surface area contributed by atoms with E-state index in [0.29, 0.717) is 24.2 Å². The minimum atomic E-state index is -1.11. The fourth-order valence-corrected chi connectivity index (χ4v) is 2.25. The first kappa shape index (κ1) is 16.0. The SMILES string of the molecule is O=C(O)Nc1cccc(CCC(=O)Nc2cncc(Br)c2)c1. The van der Waals surface area contributed by atoms with Gasteiger partial charge in [-0.3, -0.25) is 15.1 Å². The highest BCUT2D eigenvalue weighted by Gasteiger charge is 2.05. The second-order valence-corrected chi connectivity index (χ2v) is 5.49. The molecule has 0 radical (unpaired) electrons. The molecule has 3 N–H and O–H groups in total. The van der Waals surface area contributed by atoms with Crippen molar-refractivity contribution in [3.05, 3.63) is 52.8 Å². The number of benzene rings is 1. The number of nitrogens with zero attached hydrogens (tertiary/aromatic N) is 1. The Morgan fingerprint density at radius 3 is 2.68 bits per heavy atom. The van der Waals surface area contributed by atoms with Crippen LogP contribution in [0.25, 0.3) is 0 Å². The van der Waals surface area contributed by atoms with Gasteiger partial charge >= 0.3 is 6.09 Å². The number of amides is 2. The van der Waals surface area contributed by atoms with Crippen LogP contribution in [0.3, 0.4) is 0 Å². The van der Waals surface area contributed by atoms with E-state index < -0.39 is 6.09 Å². The molecule has 1 aromatic heterocycles. The number of anilines is 2. The van der Waals surface area contributed by atoms with Crippen LogP contribution >= 0.6 is 15.9 Å². The van der Waals surface area contributed by atoms with Crippen molar-refractivity contribution in [3.63, 3.8) is 0 Å². The number of hydrogen-bond acceptors (Lipinski definition) is 3. The molecular weight excluding hydrogens is 350 g/mol. The maximum Gasteiger partial charge on any atom is 0.409 e. The summed E-state index contributed by atoms with van der Waals surface area (Å²) >= 11 is 3.29. The number of pyridine rings is 1. The molecule has 2 rings (SSSR count). The number of hydrogen-bond donors (Lipinski definition) is 3. The van der Waals surface area contributed by atoms with E-state index in [4.69, 9.17) is 5.11 Å². The summed E-state index contributed by atoms with van der Waals surface area (Å²) in [6.45, 7) is 0. The van der Waals surface area contributed by atoms with Gasteiger partial charge in [0.1, 0.15) is 0 Å². The maximum atomic E-state index is 11.9. The van der Waals surface area contributed by atoms with Crippen LogP contribution in [-0.4, -0.2) is 22.1 Å². The summed E-state index contributed by atoms with van der Waals surface area (Å²) in [4.78, 5) is 26.5. The van der Waals surface area contributed by atoms with Gasteiger partial charge in [-0.2, -0.15) is 0 Å². The Kier molecular flexibility index (Phi) is 5.48. The summed E-state index contributed by atoms with van der Waals surface area (Å²) in [6, 6.07) is 8.73. The normalized spacial score (nSPS) is 10.0. The molecule has 6 nitrogen and oxygen atoms in total. The number of carbonyl (C=O) groups excluding carboxylic acids is 1. The average molecular weight is 364 g/mol. The Labute approximate surface area is 135 Å². The Hall–Kier alpha value is -2.41. The molecule has 22 heavy (non-hydrogen) atoms. The summed E-state index contributed by atoms with van der Waals surface area (Å²) in [5.74, 6) is -0.128. The smallest absolute Gasteiger partial charge is 0.409 e. The van der Waals surface area contributed by atoms with Crippen molar-refractivity contribution in [2.24, 2.45) is 0 Å². The van der Waals surface area contributed by atoms with Crippen LogP contribution in [0.2, 0.25) is 0 Å².